The second-order valence-electron chi connectivity index (χ2n) is 17.2. The maximum Gasteiger partial charge on any atom is 0.433 e. The van der Waals surface area contributed by atoms with Crippen LogP contribution in [0.5, 0.6) is 0 Å². The summed E-state index contributed by atoms with van der Waals surface area (Å²) < 4.78 is 47.9. The molecule has 4 aliphatic rings. The monoisotopic (exact) mass is 858 g/mol. The van der Waals surface area contributed by atoms with Gasteiger partial charge >= 0.3 is 6.18 Å². The first-order valence-electron chi connectivity index (χ1n) is 21.1. The topological polar surface area (TPSA) is 188 Å². The third kappa shape index (κ3) is 9.08. The predicted octanol–water partition coefficient (Wildman–Crippen LogP) is 5.66. The smallest absolute Gasteiger partial charge is 0.386 e. The van der Waals surface area contributed by atoms with Crippen molar-refractivity contribution in [2.45, 2.75) is 95.2 Å². The normalized spacial score (nSPS) is 22.5. The van der Waals surface area contributed by atoms with Gasteiger partial charge in [0, 0.05) is 61.1 Å². The lowest BCUT2D eigenvalue weighted by Gasteiger charge is -2.37. The molecular weight excluding hydrogens is 810 g/mol. The van der Waals surface area contributed by atoms with Crippen LogP contribution in [-0.4, -0.2) is 104 Å². The Morgan fingerprint density at radius 2 is 1.76 bits per heavy atom. The summed E-state index contributed by atoms with van der Waals surface area (Å²) in [5.74, 6) is -2.47. The van der Waals surface area contributed by atoms with Crippen LogP contribution in [0.3, 0.4) is 0 Å². The number of piperidine rings is 1. The first kappa shape index (κ1) is 42.9. The number of nitrogens with one attached hydrogen (secondary N) is 3. The van der Waals surface area contributed by atoms with E-state index in [1.54, 1.807) is 44.2 Å². The molecule has 1 unspecified atom stereocenters. The van der Waals surface area contributed by atoms with Gasteiger partial charge in [-0.15, -0.1) is 0 Å². The third-order valence-corrected chi connectivity index (χ3v) is 12.3. The molecule has 4 aromatic rings. The minimum atomic E-state index is -4.70. The SMILES string of the molecule is CC(C)(O)c1cc2nn(C3CCC(CN4CCO[C@H](CCCNc5cccc6c5C(=O)N(C5CCC(=O)NC5=O)C6=O)C4)CC3)cc2cc1NC(=O)c1cccc(C(F)(F)F)n1. The number of ether oxygens (including phenoxy) is 1. The van der Waals surface area contributed by atoms with E-state index in [1.807, 2.05) is 10.9 Å². The van der Waals surface area contributed by atoms with Crippen LogP contribution >= 0.6 is 0 Å². The van der Waals surface area contributed by atoms with Crippen molar-refractivity contribution in [3.8, 4) is 0 Å². The molecule has 4 N–H and O–H groups in total. The molecule has 0 radical (unpaired) electrons. The molecule has 18 heteroatoms. The molecule has 2 saturated heterocycles. The van der Waals surface area contributed by atoms with Gasteiger partial charge in [-0.1, -0.05) is 12.1 Å². The Labute approximate surface area is 355 Å². The molecule has 2 aromatic heterocycles. The van der Waals surface area contributed by atoms with Gasteiger partial charge in [-0.2, -0.15) is 18.3 Å². The number of pyridine rings is 1. The average molecular weight is 859 g/mol. The van der Waals surface area contributed by atoms with E-state index in [0.717, 1.165) is 80.6 Å². The first-order chi connectivity index (χ1) is 29.5. The van der Waals surface area contributed by atoms with Crippen molar-refractivity contribution in [3.63, 3.8) is 0 Å². The number of rotatable bonds is 12. The summed E-state index contributed by atoms with van der Waals surface area (Å²) in [7, 11) is 0. The van der Waals surface area contributed by atoms with Crippen LogP contribution in [0.15, 0.2) is 54.7 Å². The minimum absolute atomic E-state index is 0.0517. The van der Waals surface area contributed by atoms with E-state index in [-0.39, 0.29) is 41.8 Å². The highest BCUT2D eigenvalue weighted by atomic mass is 19.4. The zero-order valence-corrected chi connectivity index (χ0v) is 34.5. The van der Waals surface area contributed by atoms with Gasteiger partial charge in [0.05, 0.1) is 41.0 Å². The van der Waals surface area contributed by atoms with Gasteiger partial charge in [0.25, 0.3) is 17.7 Å². The van der Waals surface area contributed by atoms with E-state index < -0.39 is 58.7 Å². The molecule has 1 aliphatic carbocycles. The van der Waals surface area contributed by atoms with Crippen LogP contribution in [0.2, 0.25) is 0 Å². The van der Waals surface area contributed by atoms with Crippen LogP contribution in [0, 0.1) is 5.92 Å². The molecule has 2 atom stereocenters. The number of fused-ring (bicyclic) bond motifs is 2. The maximum absolute atomic E-state index is 13.4. The van der Waals surface area contributed by atoms with Crippen molar-refractivity contribution in [2.24, 2.45) is 5.92 Å². The number of nitrogens with zero attached hydrogens (tertiary/aromatic N) is 5. The van der Waals surface area contributed by atoms with Gasteiger partial charge in [0.1, 0.15) is 17.4 Å². The van der Waals surface area contributed by atoms with Crippen molar-refractivity contribution in [1.82, 2.24) is 29.9 Å². The van der Waals surface area contributed by atoms with Gasteiger partial charge in [-0.05, 0) is 101 Å². The van der Waals surface area contributed by atoms with Crippen LogP contribution in [0.1, 0.15) is 114 Å². The summed E-state index contributed by atoms with van der Waals surface area (Å²) in [5.41, 5.74) is -0.709. The van der Waals surface area contributed by atoms with E-state index in [9.17, 15) is 42.3 Å². The minimum Gasteiger partial charge on any atom is -0.386 e. The Hall–Kier alpha value is -5.72. The second kappa shape index (κ2) is 17.2. The van der Waals surface area contributed by atoms with Crippen molar-refractivity contribution in [3.05, 3.63) is 82.8 Å². The number of carbonyl (C=O) groups is 5. The number of imide groups is 2. The molecule has 15 nitrogen and oxygen atoms in total. The Balaban J connectivity index is 0.821. The molecule has 3 fully saturated rings. The highest BCUT2D eigenvalue weighted by molar-refractivity contribution is 6.25. The van der Waals surface area contributed by atoms with Gasteiger partial charge < -0.3 is 20.5 Å². The molecular formula is C44H49F3N8O7. The maximum atomic E-state index is 13.4. The summed E-state index contributed by atoms with van der Waals surface area (Å²) in [5, 5.41) is 24.8. The number of benzene rings is 2. The lowest BCUT2D eigenvalue weighted by atomic mass is 9.85. The van der Waals surface area contributed by atoms with E-state index in [1.165, 1.54) is 6.07 Å². The van der Waals surface area contributed by atoms with Crippen LogP contribution in [0.25, 0.3) is 10.9 Å². The van der Waals surface area contributed by atoms with Crippen molar-refractivity contribution in [1.29, 1.82) is 0 Å². The standard InChI is InChI=1S/C44H49F3N8O7/c1-43(2,61)30-21-33-26(20-34(30)50-39(57)32-9-4-10-36(49-32)44(45,46)47)23-54(52-33)27-13-11-25(12-14-27)22-53-18-19-62-28(24-53)6-5-17-48-31-8-3-7-29-38(31)42(60)55(41(29)59)35-15-16-37(56)51-40(35)58/h3-4,7-10,20-21,23,25,27-28,35,48,61H,5-6,11-19,22,24H2,1-2H3,(H,50,57)(H,51,56,58)/t25?,27?,28-,35?/m1/s1. The van der Waals surface area contributed by atoms with E-state index in [4.69, 9.17) is 9.84 Å². The Kier molecular flexibility index (Phi) is 11.9. The van der Waals surface area contributed by atoms with Gasteiger partial charge in [-0.25, -0.2) is 4.98 Å². The number of amides is 5. The summed E-state index contributed by atoms with van der Waals surface area (Å²) in [6.45, 7) is 6.93. The summed E-state index contributed by atoms with van der Waals surface area (Å²) in [4.78, 5) is 70.8. The van der Waals surface area contributed by atoms with Crippen LogP contribution in [-0.2, 0) is 26.1 Å². The van der Waals surface area contributed by atoms with E-state index in [2.05, 4.69) is 25.8 Å². The lowest BCUT2D eigenvalue weighted by Crippen LogP contribution is -2.54. The lowest BCUT2D eigenvalue weighted by molar-refractivity contribution is -0.141. The quantitative estimate of drug-likeness (QED) is 0.102. The third-order valence-electron chi connectivity index (χ3n) is 12.3. The molecule has 62 heavy (non-hydrogen) atoms. The highest BCUT2D eigenvalue weighted by Crippen LogP contribution is 2.37. The molecule has 2 aromatic carbocycles. The fourth-order valence-corrected chi connectivity index (χ4v) is 9.09. The summed E-state index contributed by atoms with van der Waals surface area (Å²) in [6.07, 6.45) is 2.84. The van der Waals surface area contributed by atoms with E-state index >= 15 is 0 Å². The number of hydrogen-bond acceptors (Lipinski definition) is 11. The van der Waals surface area contributed by atoms with Crippen molar-refractivity contribution >= 4 is 51.8 Å². The molecule has 0 spiro atoms. The number of anilines is 2. The largest absolute Gasteiger partial charge is 0.433 e. The summed E-state index contributed by atoms with van der Waals surface area (Å²) in [6, 6.07) is 10.7. The molecule has 5 amide bonds. The molecule has 5 heterocycles. The van der Waals surface area contributed by atoms with Gasteiger partial charge in [-0.3, -0.25) is 43.8 Å². The molecule has 3 aliphatic heterocycles. The Morgan fingerprint density at radius 1 is 0.984 bits per heavy atom. The summed E-state index contributed by atoms with van der Waals surface area (Å²) >= 11 is 0. The van der Waals surface area contributed by atoms with Crippen LogP contribution < -0.4 is 16.0 Å². The van der Waals surface area contributed by atoms with Crippen molar-refractivity contribution < 1.29 is 47.0 Å². The van der Waals surface area contributed by atoms with Crippen molar-refractivity contribution in [2.75, 3.05) is 43.4 Å². The number of aliphatic hydroxyl groups is 1. The van der Waals surface area contributed by atoms with Crippen LogP contribution in [0.4, 0.5) is 24.5 Å². The number of hydrogen-bond donors (Lipinski definition) is 4. The number of carbonyl (C=O) groups excluding carboxylic acids is 5. The molecule has 8 rings (SSSR count). The number of alkyl halides is 3. The van der Waals surface area contributed by atoms with E-state index in [0.29, 0.717) is 35.8 Å². The molecule has 328 valence electrons. The Morgan fingerprint density at radius 3 is 2.50 bits per heavy atom. The zero-order chi connectivity index (χ0) is 43.9. The van der Waals surface area contributed by atoms with Gasteiger partial charge in [0.2, 0.25) is 11.8 Å². The molecule has 0 bridgehead atoms. The first-order valence-corrected chi connectivity index (χ1v) is 21.1. The number of morpholine rings is 1. The predicted molar refractivity (Wildman–Crippen MR) is 220 cm³/mol. The Bertz CT molecular complexity index is 2410. The highest BCUT2D eigenvalue weighted by Gasteiger charge is 2.45. The zero-order valence-electron chi connectivity index (χ0n) is 34.5. The molecule has 1 saturated carbocycles. The second-order valence-corrected chi connectivity index (χ2v) is 17.2. The average Bonchev–Trinajstić information content (AvgIpc) is 3.76. The number of aromatic nitrogens is 3. The van der Waals surface area contributed by atoms with Gasteiger partial charge in [0.15, 0.2) is 0 Å². The number of halogens is 3. The fourth-order valence-electron chi connectivity index (χ4n) is 9.09. The fraction of sp³-hybridized carbons (Fsp3) is 0.477.